The van der Waals surface area contributed by atoms with Crippen LogP contribution in [0, 0.1) is 11.3 Å². The Morgan fingerprint density at radius 1 is 1.31 bits per heavy atom. The number of anilines is 1. The number of rotatable bonds is 7. The van der Waals surface area contributed by atoms with Gasteiger partial charge < -0.3 is 21.3 Å². The zero-order valence-electron chi connectivity index (χ0n) is 17.9. The minimum absolute atomic E-state index is 0.0129. The molecule has 4 N–H and O–H groups in total. The van der Waals surface area contributed by atoms with Crippen molar-refractivity contribution in [1.82, 2.24) is 15.6 Å². The van der Waals surface area contributed by atoms with E-state index < -0.39 is 0 Å². The predicted molar refractivity (Wildman–Crippen MR) is 118 cm³/mol. The highest BCUT2D eigenvalue weighted by Crippen LogP contribution is 2.40. The van der Waals surface area contributed by atoms with Gasteiger partial charge in [-0.1, -0.05) is 25.8 Å². The average molecular weight is 401 g/mol. The van der Waals surface area contributed by atoms with Gasteiger partial charge in [0.05, 0.1) is 0 Å². The first-order valence-corrected chi connectivity index (χ1v) is 11.0. The van der Waals surface area contributed by atoms with Crippen molar-refractivity contribution in [3.8, 4) is 0 Å². The molecular formula is C22H36N6O. The molecule has 1 aromatic rings. The second-order valence-corrected chi connectivity index (χ2v) is 8.49. The number of nitrogens with one attached hydrogen (secondary N) is 2. The summed E-state index contributed by atoms with van der Waals surface area (Å²) in [5, 5.41) is 7.00. The Labute approximate surface area is 174 Å². The minimum atomic E-state index is -0.186. The fourth-order valence-electron chi connectivity index (χ4n) is 4.68. The smallest absolute Gasteiger partial charge is 0.220 e. The van der Waals surface area contributed by atoms with Crippen molar-refractivity contribution in [2.45, 2.75) is 58.4 Å². The molecule has 160 valence electrons. The highest BCUT2D eigenvalue weighted by molar-refractivity contribution is 5.80. The van der Waals surface area contributed by atoms with Gasteiger partial charge in [-0.05, 0) is 43.6 Å². The van der Waals surface area contributed by atoms with E-state index in [9.17, 15) is 4.79 Å². The van der Waals surface area contributed by atoms with E-state index in [0.29, 0.717) is 12.0 Å². The molecule has 0 aromatic carbocycles. The van der Waals surface area contributed by atoms with Crippen LogP contribution in [-0.2, 0) is 11.3 Å². The minimum Gasteiger partial charge on any atom is -0.369 e. The van der Waals surface area contributed by atoms with E-state index in [1.807, 2.05) is 19.3 Å². The molecule has 3 rings (SSSR count). The van der Waals surface area contributed by atoms with Crippen molar-refractivity contribution < 1.29 is 4.79 Å². The summed E-state index contributed by atoms with van der Waals surface area (Å²) in [5.41, 5.74) is 7.02. The molecular weight excluding hydrogens is 364 g/mol. The van der Waals surface area contributed by atoms with Crippen molar-refractivity contribution >= 4 is 17.7 Å². The summed E-state index contributed by atoms with van der Waals surface area (Å²) in [7, 11) is 1.82. The maximum Gasteiger partial charge on any atom is 0.220 e. The number of carbonyl (C=O) groups excluding carboxylic acids is 1. The number of piperidine rings is 1. The van der Waals surface area contributed by atoms with Gasteiger partial charge in [-0.3, -0.25) is 9.79 Å². The van der Waals surface area contributed by atoms with E-state index in [4.69, 9.17) is 5.73 Å². The molecule has 29 heavy (non-hydrogen) atoms. The van der Waals surface area contributed by atoms with E-state index in [1.165, 1.54) is 32.1 Å². The summed E-state index contributed by atoms with van der Waals surface area (Å²) < 4.78 is 0. The summed E-state index contributed by atoms with van der Waals surface area (Å²) in [6, 6.07) is 4.07. The summed E-state index contributed by atoms with van der Waals surface area (Å²) >= 11 is 0. The Balaban J connectivity index is 1.57. The number of pyridine rings is 1. The Morgan fingerprint density at radius 3 is 2.66 bits per heavy atom. The zero-order chi connectivity index (χ0) is 20.7. The standard InChI is InChI=1S/C22H36N6O/c1-3-22(10-4-5-11-22)16-27-21(24-2)26-15-18-7-6-12-25-20(18)28-13-8-17(9-14-28)19(23)29/h6-7,12,17H,3-5,8-11,13-16H2,1-2H3,(H2,23,29)(H2,24,26,27). The second kappa shape index (κ2) is 9.94. The van der Waals surface area contributed by atoms with Gasteiger partial charge in [-0.15, -0.1) is 0 Å². The Hall–Kier alpha value is -2.31. The lowest BCUT2D eigenvalue weighted by atomic mass is 9.83. The molecule has 1 aliphatic heterocycles. The molecule has 2 fully saturated rings. The third kappa shape index (κ3) is 5.40. The van der Waals surface area contributed by atoms with Crippen LogP contribution in [0.4, 0.5) is 5.82 Å². The average Bonchev–Trinajstić information content (AvgIpc) is 3.24. The highest BCUT2D eigenvalue weighted by Gasteiger charge is 2.32. The van der Waals surface area contributed by atoms with Crippen LogP contribution < -0.4 is 21.3 Å². The number of hydrogen-bond acceptors (Lipinski definition) is 4. The number of amides is 1. The van der Waals surface area contributed by atoms with E-state index in [2.05, 4.69) is 38.5 Å². The van der Waals surface area contributed by atoms with Crippen LogP contribution in [0.5, 0.6) is 0 Å². The zero-order valence-corrected chi connectivity index (χ0v) is 17.9. The van der Waals surface area contributed by atoms with Crippen LogP contribution in [-0.4, -0.2) is 43.5 Å². The van der Waals surface area contributed by atoms with Gasteiger partial charge >= 0.3 is 0 Å². The van der Waals surface area contributed by atoms with Crippen molar-refractivity contribution in [3.63, 3.8) is 0 Å². The second-order valence-electron chi connectivity index (χ2n) is 8.49. The van der Waals surface area contributed by atoms with Crippen molar-refractivity contribution in [2.75, 3.05) is 31.6 Å². The van der Waals surface area contributed by atoms with Crippen LogP contribution in [0.2, 0.25) is 0 Å². The Bertz CT molecular complexity index is 705. The topological polar surface area (TPSA) is 95.6 Å². The van der Waals surface area contributed by atoms with E-state index in [1.54, 1.807) is 0 Å². The van der Waals surface area contributed by atoms with E-state index in [-0.39, 0.29) is 11.8 Å². The monoisotopic (exact) mass is 400 g/mol. The lowest BCUT2D eigenvalue weighted by molar-refractivity contribution is -0.122. The number of aliphatic imine (C=N–C) groups is 1. The van der Waals surface area contributed by atoms with Crippen LogP contribution in [0.3, 0.4) is 0 Å². The van der Waals surface area contributed by atoms with Gasteiger partial charge in [0.2, 0.25) is 5.91 Å². The first-order chi connectivity index (χ1) is 14.1. The largest absolute Gasteiger partial charge is 0.369 e. The highest BCUT2D eigenvalue weighted by atomic mass is 16.1. The van der Waals surface area contributed by atoms with Gasteiger partial charge in [0.25, 0.3) is 0 Å². The molecule has 0 spiro atoms. The Kier molecular flexibility index (Phi) is 7.34. The number of nitrogens with zero attached hydrogens (tertiary/aromatic N) is 3. The predicted octanol–water partition coefficient (Wildman–Crippen LogP) is 2.42. The van der Waals surface area contributed by atoms with Gasteiger partial charge in [-0.2, -0.15) is 0 Å². The molecule has 1 saturated carbocycles. The maximum atomic E-state index is 11.4. The molecule has 2 aliphatic rings. The Morgan fingerprint density at radius 2 is 2.03 bits per heavy atom. The fourth-order valence-corrected chi connectivity index (χ4v) is 4.68. The molecule has 0 atom stereocenters. The quantitative estimate of drug-likeness (QED) is 0.483. The van der Waals surface area contributed by atoms with Crippen molar-refractivity contribution in [1.29, 1.82) is 0 Å². The first kappa shape index (κ1) is 21.4. The molecule has 0 bridgehead atoms. The number of hydrogen-bond donors (Lipinski definition) is 3. The number of guanidine groups is 1. The van der Waals surface area contributed by atoms with Crippen LogP contribution in [0.15, 0.2) is 23.3 Å². The van der Waals surface area contributed by atoms with Crippen LogP contribution in [0.1, 0.15) is 57.4 Å². The molecule has 7 nitrogen and oxygen atoms in total. The molecule has 0 unspecified atom stereocenters. The molecule has 1 aromatic heterocycles. The van der Waals surface area contributed by atoms with Crippen LogP contribution in [0.25, 0.3) is 0 Å². The molecule has 1 saturated heterocycles. The molecule has 1 aliphatic carbocycles. The summed E-state index contributed by atoms with van der Waals surface area (Å²) in [6.45, 7) is 5.56. The number of nitrogens with two attached hydrogens (primary N) is 1. The lowest BCUT2D eigenvalue weighted by Gasteiger charge is -2.32. The first-order valence-electron chi connectivity index (χ1n) is 11.0. The van der Waals surface area contributed by atoms with Crippen LogP contribution >= 0.6 is 0 Å². The third-order valence-electron chi connectivity index (χ3n) is 6.78. The maximum absolute atomic E-state index is 11.4. The third-order valence-corrected chi connectivity index (χ3v) is 6.78. The number of primary amides is 1. The fraction of sp³-hybridized carbons (Fsp3) is 0.682. The molecule has 1 amide bonds. The summed E-state index contributed by atoms with van der Waals surface area (Å²) in [5.74, 6) is 1.63. The molecule has 0 radical (unpaired) electrons. The van der Waals surface area contributed by atoms with Crippen molar-refractivity contribution in [2.24, 2.45) is 22.1 Å². The lowest BCUT2D eigenvalue weighted by Crippen LogP contribution is -2.43. The molecule has 2 heterocycles. The van der Waals surface area contributed by atoms with Gasteiger partial charge in [0.15, 0.2) is 5.96 Å². The van der Waals surface area contributed by atoms with E-state index >= 15 is 0 Å². The number of carbonyl (C=O) groups is 1. The number of aromatic nitrogens is 1. The van der Waals surface area contributed by atoms with Gasteiger partial charge in [0.1, 0.15) is 5.82 Å². The van der Waals surface area contributed by atoms with E-state index in [0.717, 1.165) is 49.8 Å². The SMILES string of the molecule is CCC1(CNC(=NC)NCc2cccnc2N2CCC(C(N)=O)CC2)CCCC1. The molecule has 7 heteroatoms. The summed E-state index contributed by atoms with van der Waals surface area (Å²) in [6.07, 6.45) is 9.92. The normalized spacial score (nSPS) is 19.9. The van der Waals surface area contributed by atoms with Gasteiger partial charge in [-0.25, -0.2) is 4.98 Å². The van der Waals surface area contributed by atoms with Gasteiger partial charge in [0, 0.05) is 50.9 Å². The van der Waals surface area contributed by atoms with Crippen molar-refractivity contribution in [3.05, 3.63) is 23.9 Å². The summed E-state index contributed by atoms with van der Waals surface area (Å²) in [4.78, 5) is 22.7.